The maximum Gasteiger partial charge on any atom is 0.306 e. The van der Waals surface area contributed by atoms with E-state index in [-0.39, 0.29) is 13.0 Å². The molecule has 0 bridgehead atoms. The van der Waals surface area contributed by atoms with Crippen molar-refractivity contribution in [1.82, 2.24) is 0 Å². The van der Waals surface area contributed by atoms with Crippen LogP contribution in [-0.4, -0.2) is 36.2 Å². The summed E-state index contributed by atoms with van der Waals surface area (Å²) in [6, 6.07) is 14.7. The molecule has 6 heteroatoms. The fraction of sp³-hybridized carbons (Fsp3) is 0.458. The average Bonchev–Trinajstić information content (AvgIpc) is 2.92. The molecule has 0 saturated carbocycles. The van der Waals surface area contributed by atoms with Crippen LogP contribution in [0.4, 0.5) is 11.4 Å². The van der Waals surface area contributed by atoms with Gasteiger partial charge in [0.2, 0.25) is 0 Å². The van der Waals surface area contributed by atoms with Gasteiger partial charge in [-0.15, -0.1) is 23.5 Å². The van der Waals surface area contributed by atoms with Gasteiger partial charge in [-0.05, 0) is 36.4 Å². The third kappa shape index (κ3) is 7.17. The molecule has 30 heavy (non-hydrogen) atoms. The van der Waals surface area contributed by atoms with E-state index in [2.05, 4.69) is 62.1 Å². The number of benzene rings is 2. The summed E-state index contributed by atoms with van der Waals surface area (Å²) in [6.07, 6.45) is 4.66. The molecule has 0 amide bonds. The van der Waals surface area contributed by atoms with Crippen LogP contribution in [0.2, 0.25) is 0 Å². The van der Waals surface area contributed by atoms with Crippen LogP contribution in [0.5, 0.6) is 5.75 Å². The standard InChI is InChI=1S/C20H23NO3S2.C4H10/c1-14-12-21(15-6-4-3-5-7-15)16-10-19(25-2)17(11-18(16)26-13-14)24-9-8-20(22)23;1-3-4-2/h3-7,10-11,14H,8-9,12-13H2,1-2H3,(H,22,23);3-4H2,1-2H3. The first-order chi connectivity index (χ1) is 14.5. The Morgan fingerprint density at radius 3 is 2.53 bits per heavy atom. The molecule has 4 nitrogen and oxygen atoms in total. The number of hydrogen-bond donors (Lipinski definition) is 1. The number of ether oxygens (including phenoxy) is 1. The number of anilines is 2. The summed E-state index contributed by atoms with van der Waals surface area (Å²) in [6.45, 7) is 7.79. The van der Waals surface area contributed by atoms with Crippen molar-refractivity contribution in [2.45, 2.75) is 49.8 Å². The minimum atomic E-state index is -0.844. The number of carbonyl (C=O) groups is 1. The first kappa shape index (κ1) is 24.5. The average molecular weight is 448 g/mol. The first-order valence-electron chi connectivity index (χ1n) is 10.5. The summed E-state index contributed by atoms with van der Waals surface area (Å²) in [4.78, 5) is 15.4. The topological polar surface area (TPSA) is 49.8 Å². The molecule has 164 valence electrons. The molecule has 0 saturated heterocycles. The van der Waals surface area contributed by atoms with Gasteiger partial charge in [-0.3, -0.25) is 4.79 Å². The Bertz CT molecular complexity index is 797. The molecule has 0 radical (unpaired) electrons. The van der Waals surface area contributed by atoms with Crippen molar-refractivity contribution < 1.29 is 14.6 Å². The van der Waals surface area contributed by atoms with Crippen LogP contribution in [0.15, 0.2) is 52.3 Å². The molecule has 1 N–H and O–H groups in total. The minimum Gasteiger partial charge on any atom is -0.492 e. The van der Waals surface area contributed by atoms with E-state index in [4.69, 9.17) is 9.84 Å². The van der Waals surface area contributed by atoms with E-state index in [1.54, 1.807) is 11.8 Å². The zero-order chi connectivity index (χ0) is 21.9. The summed E-state index contributed by atoms with van der Waals surface area (Å²) in [5, 5.41) is 8.84. The molecule has 2 aromatic carbocycles. The van der Waals surface area contributed by atoms with Crippen molar-refractivity contribution in [3.63, 3.8) is 0 Å². The predicted molar refractivity (Wildman–Crippen MR) is 130 cm³/mol. The Balaban J connectivity index is 0.000000735. The Morgan fingerprint density at radius 2 is 1.93 bits per heavy atom. The molecule has 0 fully saturated rings. The molecular formula is C24H33NO3S2. The number of para-hydroxylation sites is 1. The number of fused-ring (bicyclic) bond motifs is 1. The fourth-order valence-electron chi connectivity index (χ4n) is 2.92. The molecule has 3 rings (SSSR count). The monoisotopic (exact) mass is 447 g/mol. The van der Waals surface area contributed by atoms with E-state index in [0.29, 0.717) is 5.92 Å². The highest BCUT2D eigenvalue weighted by Gasteiger charge is 2.23. The lowest BCUT2D eigenvalue weighted by Gasteiger charge is -2.27. The van der Waals surface area contributed by atoms with Crippen molar-refractivity contribution >= 4 is 40.9 Å². The van der Waals surface area contributed by atoms with Crippen LogP contribution in [0.3, 0.4) is 0 Å². The van der Waals surface area contributed by atoms with Gasteiger partial charge in [0.15, 0.2) is 0 Å². The van der Waals surface area contributed by atoms with E-state index in [9.17, 15) is 4.79 Å². The Hall–Kier alpha value is -1.79. The predicted octanol–water partition coefficient (Wildman–Crippen LogP) is 6.95. The summed E-state index contributed by atoms with van der Waals surface area (Å²) < 4.78 is 5.78. The lowest BCUT2D eigenvalue weighted by molar-refractivity contribution is -0.137. The van der Waals surface area contributed by atoms with E-state index in [1.165, 1.54) is 29.1 Å². The summed E-state index contributed by atoms with van der Waals surface area (Å²) in [7, 11) is 0. The van der Waals surface area contributed by atoms with Gasteiger partial charge in [-0.1, -0.05) is 51.8 Å². The number of nitrogens with zero attached hydrogens (tertiary/aromatic N) is 1. The maximum absolute atomic E-state index is 10.8. The number of hydrogen-bond acceptors (Lipinski definition) is 5. The molecule has 0 spiro atoms. The highest BCUT2D eigenvalue weighted by atomic mass is 32.2. The number of unbranched alkanes of at least 4 members (excludes halogenated alkanes) is 1. The van der Waals surface area contributed by atoms with Gasteiger partial charge in [-0.2, -0.15) is 0 Å². The second-order valence-corrected chi connectivity index (χ2v) is 9.24. The maximum atomic E-state index is 10.8. The zero-order valence-corrected chi connectivity index (χ0v) is 20.0. The molecule has 2 aromatic rings. The molecule has 1 aliphatic rings. The van der Waals surface area contributed by atoms with Crippen LogP contribution >= 0.6 is 23.5 Å². The molecule has 1 atom stereocenters. The van der Waals surface area contributed by atoms with Crippen LogP contribution < -0.4 is 9.64 Å². The number of aliphatic carboxylic acids is 1. The van der Waals surface area contributed by atoms with Gasteiger partial charge in [0, 0.05) is 22.9 Å². The number of thioether (sulfide) groups is 2. The van der Waals surface area contributed by atoms with Gasteiger partial charge in [0.1, 0.15) is 5.75 Å². The lowest BCUT2D eigenvalue weighted by atomic mass is 10.1. The SMILES string of the molecule is CCCC.CSc1cc2c(cc1OCCC(=O)O)SCC(C)CN2c1ccccc1. The Labute approximate surface area is 189 Å². The number of rotatable bonds is 7. The third-order valence-corrected chi connectivity index (χ3v) is 6.83. The summed E-state index contributed by atoms with van der Waals surface area (Å²) in [5.41, 5.74) is 2.38. The highest BCUT2D eigenvalue weighted by Crippen LogP contribution is 2.44. The largest absolute Gasteiger partial charge is 0.492 e. The van der Waals surface area contributed by atoms with E-state index >= 15 is 0 Å². The van der Waals surface area contributed by atoms with Crippen LogP contribution in [0.25, 0.3) is 0 Å². The minimum absolute atomic E-state index is 0.00518. The Kier molecular flexibility index (Phi) is 10.4. The third-order valence-electron chi connectivity index (χ3n) is 4.69. The first-order valence-corrected chi connectivity index (χ1v) is 12.7. The smallest absolute Gasteiger partial charge is 0.306 e. The van der Waals surface area contributed by atoms with Gasteiger partial charge < -0.3 is 14.7 Å². The fourth-order valence-corrected chi connectivity index (χ4v) is 4.55. The van der Waals surface area contributed by atoms with E-state index in [0.717, 1.165) is 22.9 Å². The molecule has 0 aliphatic carbocycles. The van der Waals surface area contributed by atoms with E-state index in [1.807, 2.05) is 24.1 Å². The normalized spacial score (nSPS) is 15.5. The molecule has 1 unspecified atom stereocenters. The quantitative estimate of drug-likeness (QED) is 0.464. The molecule has 0 aromatic heterocycles. The second-order valence-electron chi connectivity index (χ2n) is 7.33. The lowest BCUT2D eigenvalue weighted by Crippen LogP contribution is -2.23. The van der Waals surface area contributed by atoms with Crippen LogP contribution in [0.1, 0.15) is 40.0 Å². The molecular weight excluding hydrogens is 414 g/mol. The molecule has 1 heterocycles. The van der Waals surface area contributed by atoms with Gasteiger partial charge >= 0.3 is 5.97 Å². The van der Waals surface area contributed by atoms with Crippen molar-refractivity contribution in [2.75, 3.05) is 30.1 Å². The Morgan fingerprint density at radius 1 is 1.23 bits per heavy atom. The van der Waals surface area contributed by atoms with Crippen molar-refractivity contribution in [1.29, 1.82) is 0 Å². The van der Waals surface area contributed by atoms with Crippen molar-refractivity contribution in [2.24, 2.45) is 5.92 Å². The second kappa shape index (κ2) is 12.8. The highest BCUT2D eigenvalue weighted by molar-refractivity contribution is 7.99. The van der Waals surface area contributed by atoms with Gasteiger partial charge in [0.25, 0.3) is 0 Å². The zero-order valence-electron chi connectivity index (χ0n) is 18.4. The summed E-state index contributed by atoms with van der Waals surface area (Å²) in [5.74, 6) is 1.53. The number of carboxylic acid groups (broad SMARTS) is 1. The van der Waals surface area contributed by atoms with Crippen molar-refractivity contribution in [3.05, 3.63) is 42.5 Å². The summed E-state index contributed by atoms with van der Waals surface area (Å²) >= 11 is 3.47. The van der Waals surface area contributed by atoms with Crippen molar-refractivity contribution in [3.8, 4) is 5.75 Å². The van der Waals surface area contributed by atoms with Gasteiger partial charge in [0.05, 0.1) is 23.6 Å². The van der Waals surface area contributed by atoms with Gasteiger partial charge in [-0.25, -0.2) is 0 Å². The van der Waals surface area contributed by atoms with Crippen LogP contribution in [0, 0.1) is 5.92 Å². The van der Waals surface area contributed by atoms with E-state index < -0.39 is 5.97 Å². The number of carboxylic acids is 1. The molecule has 1 aliphatic heterocycles. The van der Waals surface area contributed by atoms with Crippen LogP contribution in [-0.2, 0) is 4.79 Å².